The molecule has 1 N–H and O–H groups in total. The zero-order valence-electron chi connectivity index (χ0n) is 9.39. The highest BCUT2D eigenvalue weighted by Crippen LogP contribution is 2.17. The normalized spacial score (nSPS) is 10.6. The Morgan fingerprint density at radius 2 is 2.11 bits per heavy atom. The number of carboxylic acids is 1. The monoisotopic (exact) mass is 253 g/mol. The lowest BCUT2D eigenvalue weighted by molar-refractivity contribution is -0.136. The van der Waals surface area contributed by atoms with Gasteiger partial charge in [-0.2, -0.15) is 0 Å². The van der Waals surface area contributed by atoms with Crippen LogP contribution >= 0.6 is 0 Å². The molecule has 0 saturated heterocycles. The molecule has 1 aromatic carbocycles. The highest BCUT2D eigenvalue weighted by atomic mass is 19.1. The van der Waals surface area contributed by atoms with Crippen molar-refractivity contribution in [1.29, 1.82) is 0 Å². The molecule has 7 heteroatoms. The quantitative estimate of drug-likeness (QED) is 0.899. The summed E-state index contributed by atoms with van der Waals surface area (Å²) >= 11 is 0. The Labute approximate surface area is 101 Å². The molecule has 0 aliphatic carbocycles. The second kappa shape index (κ2) is 4.52. The zero-order chi connectivity index (χ0) is 13.3. The Balaban J connectivity index is 2.40. The molecule has 1 heterocycles. The van der Waals surface area contributed by atoms with Crippen molar-refractivity contribution < 1.29 is 18.7 Å². The molecule has 0 radical (unpaired) electrons. The van der Waals surface area contributed by atoms with E-state index < -0.39 is 17.6 Å². The van der Waals surface area contributed by atoms with Gasteiger partial charge in [0.25, 0.3) is 0 Å². The van der Waals surface area contributed by atoms with Crippen LogP contribution in [-0.2, 0) is 11.2 Å². The van der Waals surface area contributed by atoms with Crippen molar-refractivity contribution in [2.24, 2.45) is 0 Å². The van der Waals surface area contributed by atoms with Crippen LogP contribution in [0, 0.1) is 18.6 Å². The molecule has 0 aliphatic rings. The predicted molar refractivity (Wildman–Crippen MR) is 57.4 cm³/mol. The SMILES string of the molecule is Cc1cc(F)c(-n2cc(CC(=O)O)nn2)cc1F. The number of aryl methyl sites for hydroxylation is 1. The number of halogens is 2. The van der Waals surface area contributed by atoms with E-state index in [-0.39, 0.29) is 23.4 Å². The molecule has 5 nitrogen and oxygen atoms in total. The molecular formula is C11H9F2N3O2. The van der Waals surface area contributed by atoms with Gasteiger partial charge in [-0.25, -0.2) is 13.5 Å². The van der Waals surface area contributed by atoms with Crippen LogP contribution in [0.1, 0.15) is 11.3 Å². The number of nitrogens with zero attached hydrogens (tertiary/aromatic N) is 3. The minimum absolute atomic E-state index is 0.109. The van der Waals surface area contributed by atoms with Gasteiger partial charge >= 0.3 is 5.97 Å². The first-order valence-electron chi connectivity index (χ1n) is 5.06. The lowest BCUT2D eigenvalue weighted by atomic mass is 10.2. The van der Waals surface area contributed by atoms with Gasteiger partial charge in [-0.3, -0.25) is 4.79 Å². The van der Waals surface area contributed by atoms with Gasteiger partial charge < -0.3 is 5.11 Å². The number of aromatic nitrogens is 3. The Morgan fingerprint density at radius 1 is 1.39 bits per heavy atom. The number of rotatable bonds is 3. The summed E-state index contributed by atoms with van der Waals surface area (Å²) in [6.45, 7) is 1.44. The van der Waals surface area contributed by atoms with E-state index in [0.717, 1.165) is 16.8 Å². The van der Waals surface area contributed by atoms with Crippen molar-refractivity contribution in [3.8, 4) is 5.69 Å². The molecular weight excluding hydrogens is 244 g/mol. The first kappa shape index (κ1) is 12.2. The number of carbonyl (C=O) groups is 1. The van der Waals surface area contributed by atoms with Crippen molar-refractivity contribution in [2.75, 3.05) is 0 Å². The Morgan fingerprint density at radius 3 is 2.78 bits per heavy atom. The summed E-state index contributed by atoms with van der Waals surface area (Å²) in [7, 11) is 0. The van der Waals surface area contributed by atoms with Crippen LogP contribution in [-0.4, -0.2) is 26.1 Å². The van der Waals surface area contributed by atoms with Crippen molar-refractivity contribution in [2.45, 2.75) is 13.3 Å². The topological polar surface area (TPSA) is 68.0 Å². The van der Waals surface area contributed by atoms with Crippen molar-refractivity contribution in [3.05, 3.63) is 41.2 Å². The summed E-state index contributed by atoms with van der Waals surface area (Å²) in [4.78, 5) is 10.5. The van der Waals surface area contributed by atoms with Gasteiger partial charge in [-0.05, 0) is 18.6 Å². The van der Waals surface area contributed by atoms with Crippen LogP contribution in [0.2, 0.25) is 0 Å². The Kier molecular flexibility index (Phi) is 3.05. The average molecular weight is 253 g/mol. The minimum Gasteiger partial charge on any atom is -0.481 e. The van der Waals surface area contributed by atoms with Gasteiger partial charge in [-0.1, -0.05) is 5.21 Å². The summed E-state index contributed by atoms with van der Waals surface area (Å²) in [6, 6.07) is 2.03. The van der Waals surface area contributed by atoms with E-state index in [2.05, 4.69) is 10.3 Å². The molecule has 0 bridgehead atoms. The van der Waals surface area contributed by atoms with Crippen molar-refractivity contribution in [1.82, 2.24) is 15.0 Å². The molecule has 0 spiro atoms. The first-order chi connectivity index (χ1) is 8.47. The van der Waals surface area contributed by atoms with Crippen LogP contribution in [0.4, 0.5) is 8.78 Å². The first-order valence-corrected chi connectivity index (χ1v) is 5.06. The van der Waals surface area contributed by atoms with Crippen LogP contribution in [0.5, 0.6) is 0 Å². The van der Waals surface area contributed by atoms with Crippen molar-refractivity contribution >= 4 is 5.97 Å². The number of carboxylic acid groups (broad SMARTS) is 1. The Bertz CT molecular complexity index is 610. The van der Waals surface area contributed by atoms with Gasteiger partial charge in [0.1, 0.15) is 17.3 Å². The van der Waals surface area contributed by atoms with Gasteiger partial charge in [0.15, 0.2) is 0 Å². The fourth-order valence-electron chi connectivity index (χ4n) is 1.46. The molecule has 2 rings (SSSR count). The van der Waals surface area contributed by atoms with E-state index >= 15 is 0 Å². The molecule has 0 aliphatic heterocycles. The summed E-state index contributed by atoms with van der Waals surface area (Å²) < 4.78 is 28.0. The molecule has 0 atom stereocenters. The van der Waals surface area contributed by atoms with Crippen LogP contribution < -0.4 is 0 Å². The number of hydrogen-bond donors (Lipinski definition) is 1. The van der Waals surface area contributed by atoms with E-state index in [1.165, 1.54) is 13.1 Å². The fourth-order valence-corrected chi connectivity index (χ4v) is 1.46. The van der Waals surface area contributed by atoms with Gasteiger partial charge in [0.2, 0.25) is 0 Å². The molecule has 0 saturated carbocycles. The third kappa shape index (κ3) is 2.34. The second-order valence-corrected chi connectivity index (χ2v) is 3.78. The third-order valence-corrected chi connectivity index (χ3v) is 2.35. The van der Waals surface area contributed by atoms with Gasteiger partial charge in [0, 0.05) is 6.07 Å². The maximum Gasteiger partial charge on any atom is 0.309 e. The lowest BCUT2D eigenvalue weighted by Gasteiger charge is -2.04. The van der Waals surface area contributed by atoms with Crippen LogP contribution in [0.3, 0.4) is 0 Å². The van der Waals surface area contributed by atoms with E-state index in [9.17, 15) is 13.6 Å². The number of benzene rings is 1. The minimum atomic E-state index is -1.07. The predicted octanol–water partition coefficient (Wildman–Crippen LogP) is 1.48. The molecule has 2 aromatic rings. The van der Waals surface area contributed by atoms with Crippen molar-refractivity contribution in [3.63, 3.8) is 0 Å². The van der Waals surface area contributed by atoms with Gasteiger partial charge in [0.05, 0.1) is 18.3 Å². The maximum atomic E-state index is 13.6. The molecule has 94 valence electrons. The fraction of sp³-hybridized carbons (Fsp3) is 0.182. The summed E-state index contributed by atoms with van der Waals surface area (Å²) in [5.41, 5.74) is 0.243. The molecule has 18 heavy (non-hydrogen) atoms. The number of hydrogen-bond acceptors (Lipinski definition) is 3. The third-order valence-electron chi connectivity index (χ3n) is 2.35. The largest absolute Gasteiger partial charge is 0.481 e. The lowest BCUT2D eigenvalue weighted by Crippen LogP contribution is -2.01. The van der Waals surface area contributed by atoms with E-state index in [1.807, 2.05) is 0 Å². The average Bonchev–Trinajstić information content (AvgIpc) is 2.70. The van der Waals surface area contributed by atoms with Gasteiger partial charge in [-0.15, -0.1) is 5.10 Å². The van der Waals surface area contributed by atoms with E-state index in [4.69, 9.17) is 5.11 Å². The highest BCUT2D eigenvalue weighted by Gasteiger charge is 2.12. The Hall–Kier alpha value is -2.31. The van der Waals surface area contributed by atoms with Crippen LogP contribution in [0.25, 0.3) is 5.69 Å². The summed E-state index contributed by atoms with van der Waals surface area (Å²) in [6.07, 6.45) is 0.928. The van der Waals surface area contributed by atoms with E-state index in [1.54, 1.807) is 0 Å². The second-order valence-electron chi connectivity index (χ2n) is 3.78. The molecule has 0 fully saturated rings. The molecule has 1 aromatic heterocycles. The maximum absolute atomic E-state index is 13.6. The smallest absolute Gasteiger partial charge is 0.309 e. The number of aliphatic carboxylic acids is 1. The van der Waals surface area contributed by atoms with E-state index in [0.29, 0.717) is 0 Å². The molecule has 0 amide bonds. The molecule has 0 unspecified atom stereocenters. The van der Waals surface area contributed by atoms with Crippen LogP contribution in [0.15, 0.2) is 18.3 Å². The highest BCUT2D eigenvalue weighted by molar-refractivity contribution is 5.69. The summed E-state index contributed by atoms with van der Waals surface area (Å²) in [5.74, 6) is -2.29. The summed E-state index contributed by atoms with van der Waals surface area (Å²) in [5, 5.41) is 15.7. The standard InChI is InChI=1S/C11H9F2N3O2/c1-6-2-9(13)10(4-8(6)12)16-5-7(14-15-16)3-11(17)18/h2,4-5H,3H2,1H3,(H,17,18). The zero-order valence-corrected chi connectivity index (χ0v) is 9.39.